The summed E-state index contributed by atoms with van der Waals surface area (Å²) in [5.74, 6) is 1.52. The molecule has 30 heavy (non-hydrogen) atoms. The lowest BCUT2D eigenvalue weighted by Crippen LogP contribution is -2.42. The zero-order chi connectivity index (χ0) is 20.7. The first kappa shape index (κ1) is 19.4. The molecule has 4 heterocycles. The Morgan fingerprint density at radius 1 is 1.17 bits per heavy atom. The van der Waals surface area contributed by atoms with E-state index in [-0.39, 0.29) is 5.82 Å². The first-order valence-electron chi connectivity index (χ1n) is 11.0. The van der Waals surface area contributed by atoms with Gasteiger partial charge in [0.1, 0.15) is 12.5 Å². The second kappa shape index (κ2) is 7.95. The number of aliphatic imine (C=N–C) groups is 1. The summed E-state index contributed by atoms with van der Waals surface area (Å²) >= 11 is 0. The Hall–Kier alpha value is -2.54. The van der Waals surface area contributed by atoms with E-state index in [1.54, 1.807) is 12.1 Å². The molecule has 0 bridgehead atoms. The van der Waals surface area contributed by atoms with E-state index < -0.39 is 0 Å². The van der Waals surface area contributed by atoms with Crippen LogP contribution in [0.3, 0.4) is 0 Å². The number of likely N-dealkylation sites (tertiary alicyclic amines) is 1. The summed E-state index contributed by atoms with van der Waals surface area (Å²) in [6.07, 6.45) is 7.81. The molecule has 5 rings (SSSR count). The van der Waals surface area contributed by atoms with Gasteiger partial charge in [-0.1, -0.05) is 0 Å². The van der Waals surface area contributed by atoms with Gasteiger partial charge in [-0.15, -0.1) is 0 Å². The number of hydrogen-bond donors (Lipinski definition) is 1. The van der Waals surface area contributed by atoms with Crippen LogP contribution in [0.5, 0.6) is 0 Å². The van der Waals surface area contributed by atoms with Crippen LogP contribution in [0.1, 0.15) is 30.7 Å². The zero-order valence-corrected chi connectivity index (χ0v) is 17.9. The van der Waals surface area contributed by atoms with Crippen LogP contribution in [0.4, 0.5) is 4.39 Å². The fraction of sp³-hybridized carbons (Fsp3) is 0.522. The average Bonchev–Trinajstić information content (AvgIpc) is 3.33. The van der Waals surface area contributed by atoms with Gasteiger partial charge in [0.05, 0.1) is 12.4 Å². The number of piperidine rings is 1. The number of nitrogens with one attached hydrogen (secondary N) is 1. The molecule has 0 spiro atoms. The number of H-pyrrole nitrogens is 1. The molecule has 3 aliphatic heterocycles. The van der Waals surface area contributed by atoms with E-state index in [9.17, 15) is 4.39 Å². The highest BCUT2D eigenvalue weighted by Crippen LogP contribution is 2.33. The Morgan fingerprint density at radius 2 is 2.00 bits per heavy atom. The molecule has 3 aliphatic rings. The van der Waals surface area contributed by atoms with E-state index in [4.69, 9.17) is 4.99 Å². The standard InChI is InChI=1S/C23H31FN6/c1-27-14-22-23(28(2)16-27)26-15-30(22)9-3-8-29-10-6-17(7-11-29)20-13-25-21-12-18(24)4-5-19(20)21/h4-5,12-14,17,25H,3,6-11,15-16H2,1-2H3. The van der Waals surface area contributed by atoms with Gasteiger partial charge in [0.15, 0.2) is 5.84 Å². The normalized spacial score (nSPS) is 20.7. The Labute approximate surface area is 177 Å². The van der Waals surface area contributed by atoms with Crippen molar-refractivity contribution in [1.82, 2.24) is 24.6 Å². The van der Waals surface area contributed by atoms with Crippen LogP contribution in [-0.2, 0) is 0 Å². The predicted octanol–water partition coefficient (Wildman–Crippen LogP) is 3.22. The molecular formula is C23H31FN6. The Morgan fingerprint density at radius 3 is 2.83 bits per heavy atom. The third kappa shape index (κ3) is 3.67. The number of benzene rings is 1. The minimum atomic E-state index is -0.177. The largest absolute Gasteiger partial charge is 0.361 e. The van der Waals surface area contributed by atoms with Crippen LogP contribution in [0, 0.1) is 5.82 Å². The van der Waals surface area contributed by atoms with E-state index in [0.29, 0.717) is 5.92 Å². The second-order valence-electron chi connectivity index (χ2n) is 8.90. The summed E-state index contributed by atoms with van der Waals surface area (Å²) in [6.45, 7) is 6.13. The van der Waals surface area contributed by atoms with Crippen molar-refractivity contribution >= 4 is 16.7 Å². The lowest BCUT2D eigenvalue weighted by Gasteiger charge is -2.34. The molecule has 6 nitrogen and oxygen atoms in total. The van der Waals surface area contributed by atoms with Crippen molar-refractivity contribution in [1.29, 1.82) is 0 Å². The molecule has 160 valence electrons. The van der Waals surface area contributed by atoms with E-state index in [0.717, 1.165) is 57.3 Å². The molecule has 7 heteroatoms. The fourth-order valence-electron chi connectivity index (χ4n) is 5.16. The maximum Gasteiger partial charge on any atom is 0.152 e. The number of fused-ring (bicyclic) bond motifs is 2. The van der Waals surface area contributed by atoms with Crippen LogP contribution in [0.2, 0.25) is 0 Å². The number of aromatic amines is 1. The third-order valence-corrected chi connectivity index (χ3v) is 6.71. The van der Waals surface area contributed by atoms with Crippen molar-refractivity contribution < 1.29 is 4.39 Å². The van der Waals surface area contributed by atoms with Gasteiger partial charge in [-0.25, -0.2) is 9.38 Å². The SMILES string of the molecule is CN1C=C2C(=NCN2CCCN2CCC(c3c[nH]c4cc(F)ccc34)CC2)N(C)C1. The van der Waals surface area contributed by atoms with E-state index in [1.165, 1.54) is 29.5 Å². The predicted molar refractivity (Wildman–Crippen MR) is 119 cm³/mol. The third-order valence-electron chi connectivity index (χ3n) is 6.71. The second-order valence-corrected chi connectivity index (χ2v) is 8.90. The lowest BCUT2D eigenvalue weighted by molar-refractivity contribution is 0.201. The van der Waals surface area contributed by atoms with E-state index in [2.05, 4.69) is 51.1 Å². The maximum atomic E-state index is 13.5. The molecule has 0 radical (unpaired) electrons. The van der Waals surface area contributed by atoms with Gasteiger partial charge >= 0.3 is 0 Å². The number of likely N-dealkylation sites (N-methyl/N-ethyl adjacent to an activating group) is 1. The minimum Gasteiger partial charge on any atom is -0.361 e. The molecule has 0 saturated carbocycles. The van der Waals surface area contributed by atoms with Gasteiger partial charge < -0.3 is 24.6 Å². The van der Waals surface area contributed by atoms with Gasteiger partial charge in [-0.05, 0) is 68.6 Å². The molecule has 1 saturated heterocycles. The van der Waals surface area contributed by atoms with Gasteiger partial charge in [0.2, 0.25) is 0 Å². The number of rotatable bonds is 5. The van der Waals surface area contributed by atoms with Crippen LogP contribution < -0.4 is 0 Å². The monoisotopic (exact) mass is 410 g/mol. The summed E-state index contributed by atoms with van der Waals surface area (Å²) < 4.78 is 13.5. The average molecular weight is 411 g/mol. The Bertz CT molecular complexity index is 971. The summed E-state index contributed by atoms with van der Waals surface area (Å²) in [4.78, 5) is 17.4. The molecule has 2 aromatic rings. The maximum absolute atomic E-state index is 13.5. The van der Waals surface area contributed by atoms with Gasteiger partial charge in [-0.2, -0.15) is 0 Å². The van der Waals surface area contributed by atoms with E-state index in [1.807, 2.05) is 6.07 Å². The summed E-state index contributed by atoms with van der Waals surface area (Å²) in [6, 6.07) is 5.09. The van der Waals surface area contributed by atoms with Gasteiger partial charge in [0.25, 0.3) is 0 Å². The van der Waals surface area contributed by atoms with Crippen molar-refractivity contribution in [2.75, 3.05) is 53.6 Å². The van der Waals surface area contributed by atoms with Crippen LogP contribution in [0.15, 0.2) is 41.3 Å². The highest BCUT2D eigenvalue weighted by atomic mass is 19.1. The highest BCUT2D eigenvalue weighted by molar-refractivity contribution is 5.99. The molecule has 0 amide bonds. The topological polar surface area (TPSA) is 41.1 Å². The molecule has 0 aliphatic carbocycles. The lowest BCUT2D eigenvalue weighted by atomic mass is 9.89. The smallest absolute Gasteiger partial charge is 0.152 e. The Kier molecular flexibility index (Phi) is 5.15. The minimum absolute atomic E-state index is 0.177. The summed E-state index contributed by atoms with van der Waals surface area (Å²) in [7, 11) is 4.23. The fourth-order valence-corrected chi connectivity index (χ4v) is 5.16. The van der Waals surface area contributed by atoms with E-state index >= 15 is 0 Å². The van der Waals surface area contributed by atoms with Crippen molar-refractivity contribution in [2.24, 2.45) is 4.99 Å². The molecule has 0 unspecified atom stereocenters. The molecule has 1 aromatic carbocycles. The highest BCUT2D eigenvalue weighted by Gasteiger charge is 2.29. The molecule has 1 fully saturated rings. The number of hydrogen-bond acceptors (Lipinski definition) is 5. The number of halogens is 1. The van der Waals surface area contributed by atoms with Crippen molar-refractivity contribution in [2.45, 2.75) is 25.2 Å². The van der Waals surface area contributed by atoms with Crippen molar-refractivity contribution in [3.8, 4) is 0 Å². The number of amidine groups is 1. The van der Waals surface area contributed by atoms with Gasteiger partial charge in [0, 0.05) is 43.9 Å². The Balaban J connectivity index is 1.11. The first-order chi connectivity index (χ1) is 14.6. The molecule has 1 N–H and O–H groups in total. The number of nitrogens with zero attached hydrogens (tertiary/aromatic N) is 5. The molecule has 0 atom stereocenters. The molecule has 1 aromatic heterocycles. The van der Waals surface area contributed by atoms with Crippen molar-refractivity contribution in [3.63, 3.8) is 0 Å². The van der Waals surface area contributed by atoms with Crippen LogP contribution in [0.25, 0.3) is 10.9 Å². The van der Waals surface area contributed by atoms with Crippen LogP contribution in [-0.4, -0.2) is 84.0 Å². The zero-order valence-electron chi connectivity index (χ0n) is 17.9. The molecular weight excluding hydrogens is 379 g/mol. The first-order valence-corrected chi connectivity index (χ1v) is 11.0. The van der Waals surface area contributed by atoms with Crippen molar-refractivity contribution in [3.05, 3.63) is 47.7 Å². The quantitative estimate of drug-likeness (QED) is 0.822. The van der Waals surface area contributed by atoms with Crippen LogP contribution >= 0.6 is 0 Å². The summed E-state index contributed by atoms with van der Waals surface area (Å²) in [5.41, 5.74) is 3.53. The number of aromatic nitrogens is 1. The van der Waals surface area contributed by atoms with Gasteiger partial charge in [-0.3, -0.25) is 0 Å². The summed E-state index contributed by atoms with van der Waals surface area (Å²) in [5, 5.41) is 1.18.